The molecule has 0 atom stereocenters. The minimum absolute atomic E-state index is 0.260. The van der Waals surface area contributed by atoms with Gasteiger partial charge in [-0.3, -0.25) is 4.90 Å². The van der Waals surface area contributed by atoms with Crippen molar-refractivity contribution in [2.45, 2.75) is 70.1 Å². The van der Waals surface area contributed by atoms with E-state index < -0.39 is 0 Å². The number of hydrogen-bond donors (Lipinski definition) is 3. The molecule has 3 N–H and O–H groups in total. The van der Waals surface area contributed by atoms with Gasteiger partial charge in [-0.1, -0.05) is 0 Å². The van der Waals surface area contributed by atoms with Gasteiger partial charge in [0.05, 0.1) is 25.0 Å². The molecule has 3 rings (SSSR count). The highest BCUT2D eigenvalue weighted by molar-refractivity contribution is 5.97. The maximum absolute atomic E-state index is 10.2. The first-order valence-corrected chi connectivity index (χ1v) is 10.9. The highest BCUT2D eigenvalue weighted by Gasteiger charge is 2.38. The molecule has 0 unspecified atom stereocenters. The Morgan fingerprint density at radius 3 is 2.52 bits per heavy atom. The zero-order valence-corrected chi connectivity index (χ0v) is 18.2. The Bertz CT molecular complexity index is 678. The van der Waals surface area contributed by atoms with Gasteiger partial charge >= 0.3 is 0 Å². The minimum Gasteiger partial charge on any atom is -0.506 e. The number of likely N-dealkylation sites (tertiary alicyclic amines) is 1. The first-order chi connectivity index (χ1) is 13.9. The Labute approximate surface area is 175 Å². The number of phenolic OH excluding ortho intramolecular Hbond substituents is 1. The number of aromatic hydroxyl groups is 1. The van der Waals surface area contributed by atoms with E-state index >= 15 is 0 Å². The molecule has 0 spiro atoms. The van der Waals surface area contributed by atoms with Gasteiger partial charge < -0.3 is 25.3 Å². The van der Waals surface area contributed by atoms with E-state index in [2.05, 4.69) is 17.1 Å². The first-order valence-electron chi connectivity index (χ1n) is 10.9. The van der Waals surface area contributed by atoms with Crippen LogP contribution >= 0.6 is 0 Å². The van der Waals surface area contributed by atoms with Crippen molar-refractivity contribution in [1.29, 1.82) is 5.41 Å². The smallest absolute Gasteiger partial charge is 0.138 e. The van der Waals surface area contributed by atoms with Crippen LogP contribution in [0.25, 0.3) is 0 Å². The lowest BCUT2D eigenvalue weighted by molar-refractivity contribution is -0.0398. The van der Waals surface area contributed by atoms with Crippen molar-refractivity contribution in [3.63, 3.8) is 0 Å². The number of benzene rings is 1. The van der Waals surface area contributed by atoms with Crippen LogP contribution in [-0.2, 0) is 9.47 Å². The lowest BCUT2D eigenvalue weighted by Gasteiger charge is -2.48. The number of rotatable bonds is 8. The predicted octanol–water partition coefficient (Wildman–Crippen LogP) is 4.02. The van der Waals surface area contributed by atoms with Crippen LogP contribution in [0.1, 0.15) is 57.9 Å². The molecule has 0 bridgehead atoms. The van der Waals surface area contributed by atoms with Crippen molar-refractivity contribution < 1.29 is 14.6 Å². The summed E-state index contributed by atoms with van der Waals surface area (Å²) < 4.78 is 11.0. The van der Waals surface area contributed by atoms with E-state index in [9.17, 15) is 5.11 Å². The lowest BCUT2D eigenvalue weighted by atomic mass is 9.79. The SMILES string of the molecule is COCCOC1CCC(C)(N2CCC(Nc3cc(C(C)=N)ccc3O)CC2)CC1. The van der Waals surface area contributed by atoms with E-state index in [4.69, 9.17) is 14.9 Å². The number of anilines is 1. The fourth-order valence-corrected chi connectivity index (χ4v) is 4.66. The van der Waals surface area contributed by atoms with E-state index in [0.717, 1.165) is 50.0 Å². The number of piperidine rings is 1. The molecule has 1 saturated heterocycles. The van der Waals surface area contributed by atoms with Crippen molar-refractivity contribution in [2.24, 2.45) is 0 Å². The molecule has 0 aromatic heterocycles. The topological polar surface area (TPSA) is 77.8 Å². The van der Waals surface area contributed by atoms with Crippen LogP contribution in [0.3, 0.4) is 0 Å². The Morgan fingerprint density at radius 2 is 1.90 bits per heavy atom. The normalized spacial score (nSPS) is 26.4. The zero-order valence-electron chi connectivity index (χ0n) is 18.2. The van der Waals surface area contributed by atoms with Crippen molar-refractivity contribution in [1.82, 2.24) is 4.90 Å². The molecule has 1 heterocycles. The summed E-state index contributed by atoms with van der Waals surface area (Å²) in [6.07, 6.45) is 7.14. The van der Waals surface area contributed by atoms with Gasteiger partial charge in [0.1, 0.15) is 5.75 Å². The van der Waals surface area contributed by atoms with Gasteiger partial charge in [0.2, 0.25) is 0 Å². The number of phenols is 1. The molecule has 162 valence electrons. The van der Waals surface area contributed by atoms with E-state index in [-0.39, 0.29) is 11.3 Å². The molecule has 1 aliphatic carbocycles. The molecule has 2 aliphatic rings. The predicted molar refractivity (Wildman–Crippen MR) is 117 cm³/mol. The number of methoxy groups -OCH3 is 1. The standard InChI is InChI=1S/C23H37N3O3/c1-17(24)18-4-5-22(27)21(16-18)25-19-8-12-26(13-9-19)23(2)10-6-20(7-11-23)29-15-14-28-3/h4-5,16,19-20,24-25,27H,6-15H2,1-3H3. The molecule has 1 aromatic carbocycles. The molecular weight excluding hydrogens is 366 g/mol. The van der Waals surface area contributed by atoms with Gasteiger partial charge in [0.15, 0.2) is 0 Å². The van der Waals surface area contributed by atoms with E-state index in [1.807, 2.05) is 6.07 Å². The number of hydrogen-bond acceptors (Lipinski definition) is 6. The molecule has 0 amide bonds. The second kappa shape index (κ2) is 9.92. The van der Waals surface area contributed by atoms with Crippen LogP contribution in [0, 0.1) is 5.41 Å². The number of nitrogens with one attached hydrogen (secondary N) is 2. The quantitative estimate of drug-likeness (QED) is 0.347. The average molecular weight is 404 g/mol. The van der Waals surface area contributed by atoms with Crippen LogP contribution in [0.5, 0.6) is 5.75 Å². The Kier molecular flexibility index (Phi) is 7.55. The summed E-state index contributed by atoms with van der Waals surface area (Å²) in [5, 5.41) is 21.5. The summed E-state index contributed by atoms with van der Waals surface area (Å²) in [7, 11) is 1.72. The fourth-order valence-electron chi connectivity index (χ4n) is 4.66. The second-order valence-electron chi connectivity index (χ2n) is 8.82. The molecular formula is C23H37N3O3. The van der Waals surface area contributed by atoms with Gasteiger partial charge in [-0.15, -0.1) is 0 Å². The molecule has 1 aliphatic heterocycles. The van der Waals surface area contributed by atoms with Gasteiger partial charge in [0, 0.05) is 37.5 Å². The molecule has 6 nitrogen and oxygen atoms in total. The van der Waals surface area contributed by atoms with Gasteiger partial charge in [0.25, 0.3) is 0 Å². The average Bonchev–Trinajstić information content (AvgIpc) is 2.72. The molecule has 6 heteroatoms. The first kappa shape index (κ1) is 22.1. The van der Waals surface area contributed by atoms with Crippen LogP contribution in [-0.4, -0.2) is 66.8 Å². The highest BCUT2D eigenvalue weighted by atomic mass is 16.5. The van der Waals surface area contributed by atoms with E-state index in [1.165, 1.54) is 12.8 Å². The van der Waals surface area contributed by atoms with Crippen LogP contribution in [0.2, 0.25) is 0 Å². The Hall–Kier alpha value is -1.63. The maximum Gasteiger partial charge on any atom is 0.138 e. The van der Waals surface area contributed by atoms with Gasteiger partial charge in [-0.2, -0.15) is 0 Å². The Balaban J connectivity index is 1.48. The van der Waals surface area contributed by atoms with Crippen molar-refractivity contribution in [2.75, 3.05) is 38.7 Å². The fraction of sp³-hybridized carbons (Fsp3) is 0.696. The minimum atomic E-state index is 0.260. The summed E-state index contributed by atoms with van der Waals surface area (Å²) in [5.41, 5.74) is 2.37. The van der Waals surface area contributed by atoms with Gasteiger partial charge in [-0.05, 0) is 76.1 Å². The second-order valence-corrected chi connectivity index (χ2v) is 8.82. The van der Waals surface area contributed by atoms with Gasteiger partial charge in [-0.25, -0.2) is 0 Å². The monoisotopic (exact) mass is 403 g/mol. The third-order valence-corrected chi connectivity index (χ3v) is 6.70. The highest BCUT2D eigenvalue weighted by Crippen LogP contribution is 2.37. The van der Waals surface area contributed by atoms with Crippen molar-refractivity contribution in [3.8, 4) is 5.75 Å². The summed E-state index contributed by atoms with van der Waals surface area (Å²) in [5.74, 6) is 0.260. The van der Waals surface area contributed by atoms with E-state index in [1.54, 1.807) is 26.2 Å². The number of nitrogens with zero attached hydrogens (tertiary/aromatic N) is 1. The third-order valence-electron chi connectivity index (χ3n) is 6.70. The lowest BCUT2D eigenvalue weighted by Crippen LogP contribution is -2.53. The molecule has 2 fully saturated rings. The van der Waals surface area contributed by atoms with Crippen LogP contribution in [0.4, 0.5) is 5.69 Å². The summed E-state index contributed by atoms with van der Waals surface area (Å²) >= 11 is 0. The molecule has 1 aromatic rings. The molecule has 29 heavy (non-hydrogen) atoms. The zero-order chi connectivity index (χ0) is 20.9. The van der Waals surface area contributed by atoms with Crippen LogP contribution in [0.15, 0.2) is 18.2 Å². The number of ether oxygens (including phenoxy) is 2. The summed E-state index contributed by atoms with van der Waals surface area (Å²) in [6, 6.07) is 5.72. The van der Waals surface area contributed by atoms with E-state index in [0.29, 0.717) is 31.1 Å². The largest absolute Gasteiger partial charge is 0.506 e. The summed E-state index contributed by atoms with van der Waals surface area (Å²) in [6.45, 7) is 7.70. The summed E-state index contributed by atoms with van der Waals surface area (Å²) in [4.78, 5) is 2.66. The van der Waals surface area contributed by atoms with Crippen molar-refractivity contribution in [3.05, 3.63) is 23.8 Å². The maximum atomic E-state index is 10.2. The van der Waals surface area contributed by atoms with Crippen molar-refractivity contribution >= 4 is 11.4 Å². The van der Waals surface area contributed by atoms with Crippen LogP contribution < -0.4 is 5.32 Å². The Morgan fingerprint density at radius 1 is 1.21 bits per heavy atom. The molecule has 1 saturated carbocycles. The third kappa shape index (κ3) is 5.71. The molecule has 0 radical (unpaired) electrons.